The van der Waals surface area contributed by atoms with Crippen molar-refractivity contribution in [1.29, 1.82) is 0 Å². The van der Waals surface area contributed by atoms with Gasteiger partial charge in [-0.1, -0.05) is 12.1 Å². The van der Waals surface area contributed by atoms with E-state index in [2.05, 4.69) is 10.3 Å². The van der Waals surface area contributed by atoms with Crippen LogP contribution in [0.25, 0.3) is 10.9 Å². The molecule has 0 spiro atoms. The number of fused-ring (bicyclic) bond motifs is 1. The summed E-state index contributed by atoms with van der Waals surface area (Å²) in [4.78, 5) is 14.4. The Labute approximate surface area is 86.3 Å². The Bertz CT molecular complexity index is 531. The molecule has 4 heteroatoms. The number of hydrogen-bond acceptors (Lipinski definition) is 1. The van der Waals surface area contributed by atoms with Crippen LogP contribution in [-0.4, -0.2) is 17.9 Å². The zero-order chi connectivity index (χ0) is 11.0. The van der Waals surface area contributed by atoms with Crippen LogP contribution in [0, 0.1) is 12.7 Å². The second-order valence-electron chi connectivity index (χ2n) is 3.37. The third kappa shape index (κ3) is 1.38. The molecule has 1 heterocycles. The highest BCUT2D eigenvalue weighted by atomic mass is 19.1. The average Bonchev–Trinajstić information content (AvgIpc) is 2.55. The lowest BCUT2D eigenvalue weighted by Crippen LogP contribution is -2.18. The van der Waals surface area contributed by atoms with Gasteiger partial charge in [-0.15, -0.1) is 0 Å². The Morgan fingerprint density at radius 1 is 1.47 bits per heavy atom. The van der Waals surface area contributed by atoms with Crippen molar-refractivity contribution in [2.24, 2.45) is 0 Å². The van der Waals surface area contributed by atoms with E-state index < -0.39 is 0 Å². The predicted molar refractivity (Wildman–Crippen MR) is 56.4 cm³/mol. The molecule has 1 aromatic heterocycles. The molecule has 1 amide bonds. The number of aryl methyl sites for hydroxylation is 1. The molecule has 3 nitrogen and oxygen atoms in total. The number of H-pyrrole nitrogens is 1. The van der Waals surface area contributed by atoms with Crippen LogP contribution in [0.5, 0.6) is 0 Å². The first-order valence-corrected chi connectivity index (χ1v) is 4.64. The molecule has 2 aromatic rings. The van der Waals surface area contributed by atoms with Gasteiger partial charge in [-0.25, -0.2) is 4.39 Å². The van der Waals surface area contributed by atoms with Crippen molar-refractivity contribution < 1.29 is 9.18 Å². The van der Waals surface area contributed by atoms with Crippen molar-refractivity contribution >= 4 is 16.8 Å². The monoisotopic (exact) mass is 206 g/mol. The lowest BCUT2D eigenvalue weighted by Gasteiger charge is -1.98. The van der Waals surface area contributed by atoms with E-state index in [1.165, 1.54) is 6.07 Å². The minimum absolute atomic E-state index is 0.204. The zero-order valence-electron chi connectivity index (χ0n) is 8.52. The minimum Gasteiger partial charge on any atom is -0.356 e. The molecule has 78 valence electrons. The fraction of sp³-hybridized carbons (Fsp3) is 0.182. The maximum absolute atomic E-state index is 13.4. The van der Waals surface area contributed by atoms with Crippen LogP contribution in [0.3, 0.4) is 0 Å². The van der Waals surface area contributed by atoms with Gasteiger partial charge in [0.2, 0.25) is 0 Å². The summed E-state index contributed by atoms with van der Waals surface area (Å²) in [6, 6.07) is 4.69. The van der Waals surface area contributed by atoms with Crippen LogP contribution in [0.15, 0.2) is 18.2 Å². The summed E-state index contributed by atoms with van der Waals surface area (Å²) in [5.74, 6) is -0.546. The van der Waals surface area contributed by atoms with Crippen molar-refractivity contribution in [3.05, 3.63) is 35.3 Å². The largest absolute Gasteiger partial charge is 0.356 e. The molecule has 0 saturated heterocycles. The number of carbonyl (C=O) groups is 1. The summed E-state index contributed by atoms with van der Waals surface area (Å²) in [5, 5.41) is 3.16. The van der Waals surface area contributed by atoms with E-state index in [9.17, 15) is 9.18 Å². The van der Waals surface area contributed by atoms with Gasteiger partial charge in [-0.05, 0) is 13.0 Å². The van der Waals surface area contributed by atoms with Gasteiger partial charge in [-0.2, -0.15) is 0 Å². The van der Waals surface area contributed by atoms with E-state index >= 15 is 0 Å². The van der Waals surface area contributed by atoms with Crippen LogP contribution >= 0.6 is 0 Å². The first kappa shape index (κ1) is 9.71. The van der Waals surface area contributed by atoms with Crippen molar-refractivity contribution in [1.82, 2.24) is 10.3 Å². The number of hydrogen-bond donors (Lipinski definition) is 2. The molecule has 2 rings (SSSR count). The number of carbonyl (C=O) groups excluding carboxylic acids is 1. The van der Waals surface area contributed by atoms with E-state index in [4.69, 9.17) is 0 Å². The number of rotatable bonds is 1. The number of aromatic nitrogens is 1. The molecule has 0 saturated carbocycles. The van der Waals surface area contributed by atoms with Gasteiger partial charge in [0.15, 0.2) is 0 Å². The number of nitrogens with one attached hydrogen (secondary N) is 2. The smallest absolute Gasteiger partial charge is 0.253 e. The summed E-state index contributed by atoms with van der Waals surface area (Å²) in [5.41, 5.74) is 1.56. The highest BCUT2D eigenvalue weighted by Gasteiger charge is 2.16. The molecule has 0 aliphatic carbocycles. The molecule has 0 atom stereocenters. The summed E-state index contributed by atoms with van der Waals surface area (Å²) in [6.07, 6.45) is 0. The van der Waals surface area contributed by atoms with Crippen molar-refractivity contribution in [3.8, 4) is 0 Å². The second-order valence-corrected chi connectivity index (χ2v) is 3.37. The maximum atomic E-state index is 13.4. The van der Waals surface area contributed by atoms with Crippen molar-refractivity contribution in [3.63, 3.8) is 0 Å². The molecule has 0 fully saturated rings. The van der Waals surface area contributed by atoms with Gasteiger partial charge in [-0.3, -0.25) is 4.79 Å². The number of amides is 1. The Morgan fingerprint density at radius 3 is 2.87 bits per heavy atom. The first-order valence-electron chi connectivity index (χ1n) is 4.64. The fourth-order valence-corrected chi connectivity index (χ4v) is 1.73. The third-order valence-electron chi connectivity index (χ3n) is 2.42. The molecule has 0 bridgehead atoms. The van der Waals surface area contributed by atoms with Gasteiger partial charge in [0.05, 0.1) is 11.1 Å². The normalized spacial score (nSPS) is 10.6. The van der Waals surface area contributed by atoms with Gasteiger partial charge in [0.25, 0.3) is 5.91 Å². The zero-order valence-corrected chi connectivity index (χ0v) is 8.52. The van der Waals surface area contributed by atoms with Gasteiger partial charge in [0, 0.05) is 18.1 Å². The van der Waals surface area contributed by atoms with Crippen LogP contribution in [0.1, 0.15) is 16.1 Å². The summed E-state index contributed by atoms with van der Waals surface area (Å²) in [6.45, 7) is 1.75. The number of aromatic amines is 1. The maximum Gasteiger partial charge on any atom is 0.253 e. The average molecular weight is 206 g/mol. The Kier molecular flexibility index (Phi) is 2.19. The molecule has 1 aromatic carbocycles. The van der Waals surface area contributed by atoms with Gasteiger partial charge in [0.1, 0.15) is 5.82 Å². The lowest BCUT2D eigenvalue weighted by atomic mass is 10.1. The van der Waals surface area contributed by atoms with Crippen LogP contribution < -0.4 is 5.32 Å². The van der Waals surface area contributed by atoms with E-state index in [0.29, 0.717) is 22.2 Å². The molecule has 0 radical (unpaired) electrons. The first-order chi connectivity index (χ1) is 7.15. The number of para-hydroxylation sites is 1. The molecule has 0 aliphatic heterocycles. The predicted octanol–water partition coefficient (Wildman–Crippen LogP) is 1.98. The van der Waals surface area contributed by atoms with E-state index in [-0.39, 0.29) is 11.7 Å². The minimum atomic E-state index is -0.342. The lowest BCUT2D eigenvalue weighted by molar-refractivity contribution is 0.0964. The fourth-order valence-electron chi connectivity index (χ4n) is 1.73. The van der Waals surface area contributed by atoms with E-state index in [1.807, 2.05) is 0 Å². The molecular weight excluding hydrogens is 195 g/mol. The van der Waals surface area contributed by atoms with E-state index in [1.54, 1.807) is 26.1 Å². The number of benzene rings is 1. The quantitative estimate of drug-likeness (QED) is 0.736. The van der Waals surface area contributed by atoms with Crippen molar-refractivity contribution in [2.45, 2.75) is 6.92 Å². The van der Waals surface area contributed by atoms with E-state index in [0.717, 1.165) is 0 Å². The Balaban J connectivity index is 2.79. The molecule has 2 N–H and O–H groups in total. The molecule has 0 aliphatic rings. The highest BCUT2D eigenvalue weighted by molar-refractivity contribution is 6.08. The topological polar surface area (TPSA) is 44.9 Å². The van der Waals surface area contributed by atoms with Crippen LogP contribution in [0.4, 0.5) is 4.39 Å². The third-order valence-corrected chi connectivity index (χ3v) is 2.42. The molecule has 15 heavy (non-hydrogen) atoms. The molecule has 0 unspecified atom stereocenters. The second kappa shape index (κ2) is 3.38. The Morgan fingerprint density at radius 2 is 2.20 bits per heavy atom. The Hall–Kier alpha value is -1.84. The summed E-state index contributed by atoms with van der Waals surface area (Å²) >= 11 is 0. The summed E-state index contributed by atoms with van der Waals surface area (Å²) in [7, 11) is 1.56. The van der Waals surface area contributed by atoms with Crippen molar-refractivity contribution in [2.75, 3.05) is 7.05 Å². The molecular formula is C11H11FN2O. The SMILES string of the molecule is CNC(=O)c1c(C)[nH]c2c(F)cccc12. The highest BCUT2D eigenvalue weighted by Crippen LogP contribution is 2.23. The van der Waals surface area contributed by atoms with Gasteiger partial charge < -0.3 is 10.3 Å². The number of halogens is 1. The van der Waals surface area contributed by atoms with Crippen LogP contribution in [-0.2, 0) is 0 Å². The standard InChI is InChI=1S/C11H11FN2O/c1-6-9(11(15)13-2)7-4-3-5-8(12)10(7)14-6/h3-5,14H,1-2H3,(H,13,15). The van der Waals surface area contributed by atoms with Crippen LogP contribution in [0.2, 0.25) is 0 Å². The summed E-state index contributed by atoms with van der Waals surface area (Å²) < 4.78 is 13.4. The van der Waals surface area contributed by atoms with Gasteiger partial charge >= 0.3 is 0 Å².